The highest BCUT2D eigenvalue weighted by molar-refractivity contribution is 6.11. The van der Waals surface area contributed by atoms with Crippen molar-refractivity contribution >= 4 is 43.7 Å². The third kappa shape index (κ3) is 4.52. The van der Waals surface area contributed by atoms with Gasteiger partial charge in [-0.25, -0.2) is 9.97 Å². The molecule has 0 N–H and O–H groups in total. The molecule has 0 saturated heterocycles. The first kappa shape index (κ1) is 28.2. The van der Waals surface area contributed by atoms with Crippen molar-refractivity contribution in [3.63, 3.8) is 0 Å². The first-order valence-electron chi connectivity index (χ1n) is 16.8. The molecule has 0 unspecified atom stereocenters. The normalized spacial score (nSPS) is 11.6. The molecule has 5 nitrogen and oxygen atoms in total. The molecule has 10 aromatic rings. The molecule has 0 atom stereocenters. The van der Waals surface area contributed by atoms with Crippen LogP contribution < -0.4 is 0 Å². The third-order valence-electron chi connectivity index (χ3n) is 9.59. The van der Waals surface area contributed by atoms with Gasteiger partial charge in [-0.1, -0.05) is 109 Å². The van der Waals surface area contributed by atoms with E-state index in [2.05, 4.69) is 137 Å². The van der Waals surface area contributed by atoms with Crippen LogP contribution in [0.1, 0.15) is 0 Å². The van der Waals surface area contributed by atoms with Crippen molar-refractivity contribution in [3.05, 3.63) is 176 Å². The van der Waals surface area contributed by atoms with E-state index < -0.39 is 0 Å². The molecule has 6 aromatic carbocycles. The molecule has 10 rings (SSSR count). The zero-order valence-corrected chi connectivity index (χ0v) is 27.0. The lowest BCUT2D eigenvalue weighted by atomic mass is 10.0. The Morgan fingerprint density at radius 1 is 0.360 bits per heavy atom. The summed E-state index contributed by atoms with van der Waals surface area (Å²) < 4.78 is 4.50. The van der Waals surface area contributed by atoms with E-state index in [0.717, 1.165) is 83.1 Å². The van der Waals surface area contributed by atoms with Crippen molar-refractivity contribution in [1.82, 2.24) is 24.1 Å². The van der Waals surface area contributed by atoms with Gasteiger partial charge in [-0.3, -0.25) is 9.55 Å². The van der Waals surface area contributed by atoms with Crippen LogP contribution in [0.4, 0.5) is 0 Å². The predicted molar refractivity (Wildman–Crippen MR) is 205 cm³/mol. The van der Waals surface area contributed by atoms with E-state index >= 15 is 0 Å². The molecule has 0 fully saturated rings. The van der Waals surface area contributed by atoms with Crippen LogP contribution in [0.3, 0.4) is 0 Å². The van der Waals surface area contributed by atoms with Gasteiger partial charge in [0, 0.05) is 39.2 Å². The summed E-state index contributed by atoms with van der Waals surface area (Å²) in [5.41, 5.74) is 12.6. The summed E-state index contributed by atoms with van der Waals surface area (Å²) in [5, 5.41) is 3.44. The molecule has 0 spiro atoms. The van der Waals surface area contributed by atoms with E-state index in [9.17, 15) is 0 Å². The highest BCUT2D eigenvalue weighted by Gasteiger charge is 2.19. The number of benzene rings is 6. The molecule has 0 bridgehead atoms. The molecule has 0 aliphatic carbocycles. The monoisotopic (exact) mass is 639 g/mol. The van der Waals surface area contributed by atoms with Crippen molar-refractivity contribution in [3.8, 4) is 45.3 Å². The minimum absolute atomic E-state index is 0.644. The average Bonchev–Trinajstić information content (AvgIpc) is 3.71. The highest BCUT2D eigenvalue weighted by Crippen LogP contribution is 2.38. The first-order chi connectivity index (χ1) is 24.8. The summed E-state index contributed by atoms with van der Waals surface area (Å²) in [7, 11) is 0. The summed E-state index contributed by atoms with van der Waals surface area (Å²) in [5.74, 6) is 0.644. The van der Waals surface area contributed by atoms with Gasteiger partial charge in [-0.15, -0.1) is 0 Å². The van der Waals surface area contributed by atoms with Gasteiger partial charge >= 0.3 is 0 Å². The van der Waals surface area contributed by atoms with Gasteiger partial charge in [0.15, 0.2) is 0 Å². The second-order valence-corrected chi connectivity index (χ2v) is 12.5. The Kier molecular flexibility index (Phi) is 6.42. The molecular formula is C45H29N5. The summed E-state index contributed by atoms with van der Waals surface area (Å²) >= 11 is 0. The highest BCUT2D eigenvalue weighted by atomic mass is 15.2. The smallest absolute Gasteiger partial charge is 0.235 e. The zero-order valence-electron chi connectivity index (χ0n) is 27.0. The van der Waals surface area contributed by atoms with Crippen LogP contribution in [0.15, 0.2) is 176 Å². The van der Waals surface area contributed by atoms with Gasteiger partial charge in [0.05, 0.1) is 39.0 Å². The molecule has 0 saturated carbocycles. The van der Waals surface area contributed by atoms with Crippen LogP contribution in [0.2, 0.25) is 0 Å². The molecule has 0 radical (unpaired) electrons. The molecule has 4 heterocycles. The fraction of sp³-hybridized carbons (Fsp3) is 0. The molecule has 5 heteroatoms. The predicted octanol–water partition coefficient (Wildman–Crippen LogP) is 11.1. The number of nitrogens with zero attached hydrogens (tertiary/aromatic N) is 5. The average molecular weight is 640 g/mol. The number of para-hydroxylation sites is 2. The van der Waals surface area contributed by atoms with Crippen LogP contribution in [0.25, 0.3) is 89.0 Å². The second kappa shape index (κ2) is 11.4. The lowest BCUT2D eigenvalue weighted by molar-refractivity contribution is 0.995. The van der Waals surface area contributed by atoms with Crippen molar-refractivity contribution in [2.45, 2.75) is 0 Å². The minimum Gasteiger partial charge on any atom is -0.308 e. The van der Waals surface area contributed by atoms with Gasteiger partial charge in [-0.2, -0.15) is 0 Å². The standard InChI is InChI=1S/C45H29N5/c1-4-13-30(14-5-1)38-29-39(31-15-6-2-7-16-31)48-45(47-38)50-40-20-11-10-19-35(40)36-27-32(22-24-41(36)50)33-23-25-42-37(28-33)44-43(21-12-26-46-44)49(42)34-17-8-3-9-18-34/h1-29H. The maximum atomic E-state index is 5.19. The van der Waals surface area contributed by atoms with Crippen molar-refractivity contribution in [2.75, 3.05) is 0 Å². The van der Waals surface area contributed by atoms with Crippen molar-refractivity contribution in [2.24, 2.45) is 0 Å². The molecule has 50 heavy (non-hydrogen) atoms. The van der Waals surface area contributed by atoms with E-state index in [4.69, 9.17) is 15.0 Å². The third-order valence-corrected chi connectivity index (χ3v) is 9.59. The zero-order chi connectivity index (χ0) is 33.0. The fourth-order valence-corrected chi connectivity index (χ4v) is 7.29. The van der Waals surface area contributed by atoms with Crippen molar-refractivity contribution < 1.29 is 0 Å². The van der Waals surface area contributed by atoms with Crippen LogP contribution in [0, 0.1) is 0 Å². The van der Waals surface area contributed by atoms with Gasteiger partial charge in [0.25, 0.3) is 0 Å². The summed E-state index contributed by atoms with van der Waals surface area (Å²) in [4.78, 5) is 15.2. The SMILES string of the molecule is c1ccc(-c2cc(-c3ccccc3)nc(-n3c4ccccc4c4cc(-c5ccc6c(c5)c5ncccc5n6-c5ccccc5)ccc43)n2)cc1. The van der Waals surface area contributed by atoms with Crippen LogP contribution >= 0.6 is 0 Å². The van der Waals surface area contributed by atoms with Gasteiger partial charge < -0.3 is 4.57 Å². The molecule has 0 aliphatic heterocycles. The molecule has 4 aromatic heterocycles. The van der Waals surface area contributed by atoms with E-state index in [0.29, 0.717) is 5.95 Å². The van der Waals surface area contributed by atoms with Gasteiger partial charge in [-0.05, 0) is 71.8 Å². The van der Waals surface area contributed by atoms with Crippen molar-refractivity contribution in [1.29, 1.82) is 0 Å². The molecular weight excluding hydrogens is 611 g/mol. The molecule has 0 aliphatic rings. The summed E-state index contributed by atoms with van der Waals surface area (Å²) in [6.07, 6.45) is 1.88. The fourth-order valence-electron chi connectivity index (χ4n) is 7.29. The minimum atomic E-state index is 0.644. The van der Waals surface area contributed by atoms with Gasteiger partial charge in [0.2, 0.25) is 5.95 Å². The van der Waals surface area contributed by atoms with E-state index in [1.54, 1.807) is 0 Å². The summed E-state index contributed by atoms with van der Waals surface area (Å²) in [6, 6.07) is 59.4. The maximum absolute atomic E-state index is 5.19. The lowest BCUT2D eigenvalue weighted by Crippen LogP contribution is -2.03. The Bertz CT molecular complexity index is 2800. The van der Waals surface area contributed by atoms with Gasteiger partial charge in [0.1, 0.15) is 0 Å². The second-order valence-electron chi connectivity index (χ2n) is 12.5. The number of fused-ring (bicyclic) bond motifs is 6. The number of hydrogen-bond donors (Lipinski definition) is 0. The van der Waals surface area contributed by atoms with E-state index in [1.165, 1.54) is 0 Å². The van der Waals surface area contributed by atoms with E-state index in [1.807, 2.05) is 48.7 Å². The quantitative estimate of drug-likeness (QED) is 0.188. The number of pyridine rings is 1. The Hall–Kier alpha value is -6.85. The Labute approximate surface area is 288 Å². The number of aromatic nitrogens is 5. The van der Waals surface area contributed by atoms with Crippen LogP contribution in [-0.2, 0) is 0 Å². The van der Waals surface area contributed by atoms with Crippen LogP contribution in [0.5, 0.6) is 0 Å². The first-order valence-corrected chi connectivity index (χ1v) is 16.8. The maximum Gasteiger partial charge on any atom is 0.235 e. The number of rotatable bonds is 5. The summed E-state index contributed by atoms with van der Waals surface area (Å²) in [6.45, 7) is 0. The molecule has 234 valence electrons. The number of hydrogen-bond acceptors (Lipinski definition) is 3. The van der Waals surface area contributed by atoms with Crippen LogP contribution in [-0.4, -0.2) is 24.1 Å². The van der Waals surface area contributed by atoms with E-state index in [-0.39, 0.29) is 0 Å². The Morgan fingerprint density at radius 3 is 1.58 bits per heavy atom. The Morgan fingerprint density at radius 2 is 0.900 bits per heavy atom. The largest absolute Gasteiger partial charge is 0.308 e. The lowest BCUT2D eigenvalue weighted by Gasteiger charge is -2.12. The topological polar surface area (TPSA) is 48.5 Å². The Balaban J connectivity index is 1.17. The molecule has 0 amide bonds.